The summed E-state index contributed by atoms with van der Waals surface area (Å²) >= 11 is 1.72. The molecule has 1 aromatic carbocycles. The van der Waals surface area contributed by atoms with Gasteiger partial charge in [0.1, 0.15) is 5.82 Å². The van der Waals surface area contributed by atoms with E-state index < -0.39 is 23.0 Å². The fourth-order valence-electron chi connectivity index (χ4n) is 3.82. The number of fused-ring (bicyclic) bond motifs is 1. The van der Waals surface area contributed by atoms with Crippen LogP contribution in [0, 0.1) is 5.82 Å². The summed E-state index contributed by atoms with van der Waals surface area (Å²) in [7, 11) is 0. The lowest BCUT2D eigenvalue weighted by atomic mass is 9.92. The van der Waals surface area contributed by atoms with Crippen LogP contribution in [0.5, 0.6) is 0 Å². The van der Waals surface area contributed by atoms with E-state index in [1.54, 1.807) is 16.7 Å². The molecule has 2 N–H and O–H groups in total. The predicted molar refractivity (Wildman–Crippen MR) is 90.9 cm³/mol. The number of aromatic amines is 1. The van der Waals surface area contributed by atoms with Crippen LogP contribution in [0.1, 0.15) is 23.2 Å². The number of nitrogens with one attached hydrogen (secondary N) is 1. The van der Waals surface area contributed by atoms with E-state index in [1.165, 1.54) is 24.3 Å². The molecule has 2 saturated heterocycles. The lowest BCUT2D eigenvalue weighted by molar-refractivity contribution is 0.0350. The van der Waals surface area contributed by atoms with Crippen LogP contribution in [-0.2, 0) is 0 Å². The molecule has 2 aliphatic rings. The third-order valence-electron chi connectivity index (χ3n) is 5.10. The first-order valence-corrected chi connectivity index (χ1v) is 9.07. The summed E-state index contributed by atoms with van der Waals surface area (Å²) in [5, 5.41) is 10.8. The normalized spacial score (nSPS) is 26.6. The first kappa shape index (κ1) is 15.7. The zero-order chi connectivity index (χ0) is 16.9. The summed E-state index contributed by atoms with van der Waals surface area (Å²) in [6, 6.07) is 5.20. The molecule has 126 valence electrons. The fraction of sp³-hybridized carbons (Fsp3) is 0.412. The maximum Gasteiger partial charge on any atom is 0.255 e. The van der Waals surface area contributed by atoms with Crippen molar-refractivity contribution in [3.8, 4) is 0 Å². The number of aromatic nitrogens is 1. The second-order valence-electron chi connectivity index (χ2n) is 6.40. The minimum atomic E-state index is -0.565. The Hall–Kier alpha value is -1.86. The van der Waals surface area contributed by atoms with E-state index in [0.29, 0.717) is 29.6 Å². The van der Waals surface area contributed by atoms with E-state index in [9.17, 15) is 19.1 Å². The van der Waals surface area contributed by atoms with Gasteiger partial charge in [0.05, 0.1) is 17.2 Å². The van der Waals surface area contributed by atoms with Crippen molar-refractivity contribution in [2.45, 2.75) is 24.5 Å². The summed E-state index contributed by atoms with van der Waals surface area (Å²) in [6.45, 7) is 0.449. The van der Waals surface area contributed by atoms with Crippen molar-refractivity contribution >= 4 is 28.6 Å². The zero-order valence-corrected chi connectivity index (χ0v) is 13.7. The second-order valence-corrected chi connectivity index (χ2v) is 7.51. The Morgan fingerprint density at radius 1 is 1.42 bits per heavy atom. The molecule has 2 unspecified atom stereocenters. The number of nitrogens with zero attached hydrogens (tertiary/aromatic N) is 1. The van der Waals surface area contributed by atoms with E-state index in [1.807, 2.05) is 0 Å². The Kier molecular flexibility index (Phi) is 3.65. The number of pyridine rings is 1. The van der Waals surface area contributed by atoms with Gasteiger partial charge in [-0.15, -0.1) is 0 Å². The van der Waals surface area contributed by atoms with Crippen molar-refractivity contribution in [2.24, 2.45) is 0 Å². The summed E-state index contributed by atoms with van der Waals surface area (Å²) in [5.41, 5.74) is -0.336. The van der Waals surface area contributed by atoms with Crippen molar-refractivity contribution in [1.29, 1.82) is 0 Å². The van der Waals surface area contributed by atoms with Gasteiger partial charge in [0.2, 0.25) is 5.56 Å². The van der Waals surface area contributed by atoms with Crippen molar-refractivity contribution < 1.29 is 14.3 Å². The average Bonchev–Trinajstić information content (AvgIpc) is 3.16. The highest BCUT2D eigenvalue weighted by molar-refractivity contribution is 7.99. The van der Waals surface area contributed by atoms with Crippen molar-refractivity contribution in [2.75, 3.05) is 18.1 Å². The van der Waals surface area contributed by atoms with Crippen molar-refractivity contribution in [3.05, 3.63) is 46.0 Å². The number of hydrogen-bond acceptors (Lipinski definition) is 4. The minimum absolute atomic E-state index is 0.193. The molecule has 5 nitrogen and oxygen atoms in total. The lowest BCUT2D eigenvalue weighted by Gasteiger charge is -2.36. The number of likely N-dealkylation sites (tertiary alicyclic amines) is 1. The summed E-state index contributed by atoms with van der Waals surface area (Å²) in [5.74, 6) is 0.813. The molecule has 1 aromatic heterocycles. The molecule has 0 aliphatic carbocycles. The highest BCUT2D eigenvalue weighted by Gasteiger charge is 2.52. The van der Waals surface area contributed by atoms with Gasteiger partial charge in [0.15, 0.2) is 0 Å². The fourth-order valence-corrected chi connectivity index (χ4v) is 5.31. The molecule has 7 heteroatoms. The molecule has 0 radical (unpaired) electrons. The number of benzene rings is 1. The first-order chi connectivity index (χ1) is 11.5. The molecule has 0 saturated carbocycles. The molecule has 1 spiro atoms. The van der Waals surface area contributed by atoms with Crippen LogP contribution < -0.4 is 5.56 Å². The smallest absolute Gasteiger partial charge is 0.255 e. The van der Waals surface area contributed by atoms with Crippen LogP contribution in [-0.4, -0.2) is 50.6 Å². The molecular formula is C17H17FN2O3S. The number of halogens is 1. The number of H-pyrrole nitrogens is 1. The van der Waals surface area contributed by atoms with Gasteiger partial charge in [-0.25, -0.2) is 4.39 Å². The van der Waals surface area contributed by atoms with E-state index in [2.05, 4.69) is 4.98 Å². The van der Waals surface area contributed by atoms with E-state index in [0.717, 1.165) is 12.2 Å². The zero-order valence-electron chi connectivity index (χ0n) is 12.9. The minimum Gasteiger partial charge on any atom is -0.391 e. The van der Waals surface area contributed by atoms with Gasteiger partial charge in [0.25, 0.3) is 5.91 Å². The van der Waals surface area contributed by atoms with Crippen LogP contribution >= 0.6 is 11.8 Å². The van der Waals surface area contributed by atoms with Gasteiger partial charge in [-0.2, -0.15) is 11.8 Å². The molecule has 1 amide bonds. The van der Waals surface area contributed by atoms with Crippen molar-refractivity contribution in [1.82, 2.24) is 9.88 Å². The Balaban J connectivity index is 1.84. The Labute approximate surface area is 141 Å². The van der Waals surface area contributed by atoms with Crippen LogP contribution in [0.2, 0.25) is 0 Å². The summed E-state index contributed by atoms with van der Waals surface area (Å²) in [6.07, 6.45) is 0.712. The highest BCUT2D eigenvalue weighted by atomic mass is 32.2. The number of hydrogen-bond donors (Lipinski definition) is 2. The number of carbonyl (C=O) groups excluding carboxylic acids is 1. The molecule has 24 heavy (non-hydrogen) atoms. The van der Waals surface area contributed by atoms with Crippen LogP contribution in [0.15, 0.2) is 29.1 Å². The molecule has 2 aromatic rings. The van der Waals surface area contributed by atoms with E-state index in [-0.39, 0.29) is 11.5 Å². The highest BCUT2D eigenvalue weighted by Crippen LogP contribution is 2.42. The largest absolute Gasteiger partial charge is 0.391 e. The van der Waals surface area contributed by atoms with Gasteiger partial charge in [-0.1, -0.05) is 0 Å². The topological polar surface area (TPSA) is 73.4 Å². The molecular weight excluding hydrogens is 331 g/mol. The van der Waals surface area contributed by atoms with Gasteiger partial charge < -0.3 is 15.0 Å². The Morgan fingerprint density at radius 2 is 2.25 bits per heavy atom. The monoisotopic (exact) mass is 348 g/mol. The molecule has 0 bridgehead atoms. The van der Waals surface area contributed by atoms with Gasteiger partial charge >= 0.3 is 0 Å². The number of aliphatic hydroxyl groups is 1. The van der Waals surface area contributed by atoms with E-state index in [4.69, 9.17) is 0 Å². The SMILES string of the molecule is O=C(c1cc(=O)[nH]c2ccc(F)cc12)N1CCC(O)C12CCSC2. The maximum absolute atomic E-state index is 13.7. The third kappa shape index (κ3) is 2.26. The molecule has 2 fully saturated rings. The number of thioether (sulfide) groups is 1. The van der Waals surface area contributed by atoms with Crippen LogP contribution in [0.25, 0.3) is 10.9 Å². The first-order valence-electron chi connectivity index (χ1n) is 7.92. The van der Waals surface area contributed by atoms with Gasteiger partial charge in [0, 0.05) is 29.3 Å². The number of rotatable bonds is 1. The Bertz CT molecular complexity index is 876. The van der Waals surface area contributed by atoms with Crippen LogP contribution in [0.4, 0.5) is 4.39 Å². The number of aliphatic hydroxyl groups excluding tert-OH is 1. The Morgan fingerprint density at radius 3 is 3.00 bits per heavy atom. The lowest BCUT2D eigenvalue weighted by Crippen LogP contribution is -2.53. The predicted octanol–water partition coefficient (Wildman–Crippen LogP) is 1.75. The van der Waals surface area contributed by atoms with Crippen LogP contribution in [0.3, 0.4) is 0 Å². The summed E-state index contributed by atoms with van der Waals surface area (Å²) < 4.78 is 13.7. The quantitative estimate of drug-likeness (QED) is 0.823. The van der Waals surface area contributed by atoms with Crippen molar-refractivity contribution in [3.63, 3.8) is 0 Å². The number of amides is 1. The second kappa shape index (κ2) is 5.60. The van der Waals surface area contributed by atoms with Gasteiger partial charge in [-0.3, -0.25) is 9.59 Å². The molecule has 3 heterocycles. The maximum atomic E-state index is 13.7. The molecule has 2 aliphatic heterocycles. The summed E-state index contributed by atoms with van der Waals surface area (Å²) in [4.78, 5) is 29.4. The third-order valence-corrected chi connectivity index (χ3v) is 6.29. The van der Waals surface area contributed by atoms with E-state index >= 15 is 0 Å². The molecule has 4 rings (SSSR count). The van der Waals surface area contributed by atoms with Gasteiger partial charge in [-0.05, 0) is 36.8 Å². The average molecular weight is 348 g/mol. The molecule has 2 atom stereocenters. The standard InChI is InChI=1S/C17H17FN2O3S/c18-10-1-2-13-11(7-10)12(8-15(22)19-13)16(23)20-5-3-14(21)17(20)4-6-24-9-17/h1-2,7-8,14,21H,3-6,9H2,(H,19,22). The number of carbonyl (C=O) groups is 1.